The summed E-state index contributed by atoms with van der Waals surface area (Å²) < 4.78 is 6.38. The van der Waals surface area contributed by atoms with Crippen molar-refractivity contribution < 1.29 is 14.3 Å². The number of rotatable bonds is 8. The molecular weight excluding hydrogens is 398 g/mol. The molecule has 0 aliphatic carbocycles. The standard InChI is InChI=1S/C19H20BrN3O3/c1-2-10-26-17-8-6-15(7-9-17)19(25)21-13-18(24)23-22-12-14-4-3-5-16(20)11-14/h3-9,11-12H,2,10,13H2,1H3,(H,21,25)(H,23,24)/b22-12+. The number of nitrogens with one attached hydrogen (secondary N) is 2. The third kappa shape index (κ3) is 6.68. The second kappa shape index (κ2) is 10.4. The van der Waals surface area contributed by atoms with E-state index in [4.69, 9.17) is 4.74 Å². The average Bonchev–Trinajstić information content (AvgIpc) is 2.65. The quantitative estimate of drug-likeness (QED) is 0.511. The molecule has 136 valence electrons. The normalized spacial score (nSPS) is 10.5. The van der Waals surface area contributed by atoms with Crippen molar-refractivity contribution in [2.45, 2.75) is 13.3 Å². The smallest absolute Gasteiger partial charge is 0.259 e. The van der Waals surface area contributed by atoms with Gasteiger partial charge in [-0.3, -0.25) is 9.59 Å². The van der Waals surface area contributed by atoms with Crippen molar-refractivity contribution in [3.05, 3.63) is 64.1 Å². The van der Waals surface area contributed by atoms with E-state index in [1.165, 1.54) is 6.21 Å². The van der Waals surface area contributed by atoms with E-state index in [1.807, 2.05) is 31.2 Å². The number of hydrogen-bond donors (Lipinski definition) is 2. The average molecular weight is 418 g/mol. The summed E-state index contributed by atoms with van der Waals surface area (Å²) in [6, 6.07) is 14.3. The maximum atomic E-state index is 12.0. The fourth-order valence-corrected chi connectivity index (χ4v) is 2.41. The van der Waals surface area contributed by atoms with Gasteiger partial charge in [0, 0.05) is 10.0 Å². The van der Waals surface area contributed by atoms with E-state index in [0.29, 0.717) is 17.9 Å². The molecule has 6 nitrogen and oxygen atoms in total. The molecule has 2 amide bonds. The lowest BCUT2D eigenvalue weighted by Crippen LogP contribution is -2.34. The highest BCUT2D eigenvalue weighted by Gasteiger charge is 2.07. The molecule has 0 atom stereocenters. The van der Waals surface area contributed by atoms with Crippen molar-refractivity contribution in [2.24, 2.45) is 5.10 Å². The van der Waals surface area contributed by atoms with Gasteiger partial charge in [-0.2, -0.15) is 5.10 Å². The molecule has 0 unspecified atom stereocenters. The molecule has 0 spiro atoms. The molecule has 0 bridgehead atoms. The highest BCUT2D eigenvalue weighted by atomic mass is 79.9. The van der Waals surface area contributed by atoms with E-state index in [1.54, 1.807) is 24.3 Å². The molecule has 0 saturated heterocycles. The minimum absolute atomic E-state index is 0.164. The van der Waals surface area contributed by atoms with Crippen molar-refractivity contribution in [3.63, 3.8) is 0 Å². The van der Waals surface area contributed by atoms with Gasteiger partial charge in [0.2, 0.25) is 0 Å². The van der Waals surface area contributed by atoms with Crippen LogP contribution >= 0.6 is 15.9 Å². The van der Waals surface area contributed by atoms with Gasteiger partial charge in [0.1, 0.15) is 5.75 Å². The lowest BCUT2D eigenvalue weighted by molar-refractivity contribution is -0.120. The first kappa shape index (κ1) is 19.7. The predicted octanol–water partition coefficient (Wildman–Crippen LogP) is 3.12. The number of hydrogen-bond acceptors (Lipinski definition) is 4. The molecule has 0 radical (unpaired) electrons. The van der Waals surface area contributed by atoms with Gasteiger partial charge in [0.25, 0.3) is 11.8 Å². The predicted molar refractivity (Wildman–Crippen MR) is 104 cm³/mol. The monoisotopic (exact) mass is 417 g/mol. The van der Waals surface area contributed by atoms with Gasteiger partial charge < -0.3 is 10.1 Å². The Morgan fingerprint density at radius 1 is 1.19 bits per heavy atom. The number of carbonyl (C=O) groups is 2. The lowest BCUT2D eigenvalue weighted by Gasteiger charge is -2.07. The fraction of sp³-hybridized carbons (Fsp3) is 0.211. The Morgan fingerprint density at radius 3 is 2.65 bits per heavy atom. The number of halogens is 1. The van der Waals surface area contributed by atoms with E-state index < -0.39 is 5.91 Å². The third-order valence-electron chi connectivity index (χ3n) is 3.25. The van der Waals surface area contributed by atoms with E-state index in [2.05, 4.69) is 31.8 Å². The van der Waals surface area contributed by atoms with E-state index in [-0.39, 0.29) is 12.5 Å². The van der Waals surface area contributed by atoms with E-state index in [0.717, 1.165) is 16.5 Å². The molecule has 7 heteroatoms. The van der Waals surface area contributed by atoms with Gasteiger partial charge in [-0.25, -0.2) is 5.43 Å². The Bertz CT molecular complexity index is 776. The van der Waals surface area contributed by atoms with Crippen LogP contribution in [0, 0.1) is 0 Å². The van der Waals surface area contributed by atoms with Gasteiger partial charge in [-0.05, 0) is 48.4 Å². The summed E-state index contributed by atoms with van der Waals surface area (Å²) in [6.45, 7) is 2.49. The molecule has 0 heterocycles. The van der Waals surface area contributed by atoms with Gasteiger partial charge in [0.05, 0.1) is 19.4 Å². The first-order valence-corrected chi connectivity index (χ1v) is 8.96. The zero-order chi connectivity index (χ0) is 18.8. The second-order valence-corrected chi connectivity index (χ2v) is 6.32. The molecule has 26 heavy (non-hydrogen) atoms. The van der Waals surface area contributed by atoms with Crippen LogP contribution in [0.5, 0.6) is 5.75 Å². The van der Waals surface area contributed by atoms with Crippen LogP contribution in [0.25, 0.3) is 0 Å². The minimum atomic E-state index is -0.410. The summed E-state index contributed by atoms with van der Waals surface area (Å²) in [4.78, 5) is 23.8. The third-order valence-corrected chi connectivity index (χ3v) is 3.74. The molecule has 0 aliphatic heterocycles. The molecule has 0 fully saturated rings. The molecule has 0 saturated carbocycles. The molecule has 0 aliphatic rings. The lowest BCUT2D eigenvalue weighted by atomic mass is 10.2. The van der Waals surface area contributed by atoms with Crippen LogP contribution in [0.4, 0.5) is 0 Å². The fourth-order valence-electron chi connectivity index (χ4n) is 1.99. The van der Waals surface area contributed by atoms with Crippen molar-refractivity contribution in [3.8, 4) is 5.75 Å². The number of amides is 2. The largest absolute Gasteiger partial charge is 0.494 e. The summed E-state index contributed by atoms with van der Waals surface area (Å²) >= 11 is 3.36. The van der Waals surface area contributed by atoms with Crippen molar-refractivity contribution in [1.29, 1.82) is 0 Å². The minimum Gasteiger partial charge on any atom is -0.494 e. The Labute approximate surface area is 160 Å². The van der Waals surface area contributed by atoms with Gasteiger partial charge in [-0.1, -0.05) is 35.0 Å². The van der Waals surface area contributed by atoms with Crippen LogP contribution < -0.4 is 15.5 Å². The first-order chi connectivity index (χ1) is 12.6. The van der Waals surface area contributed by atoms with Crippen LogP contribution in [0.1, 0.15) is 29.3 Å². The molecule has 2 rings (SSSR count). The van der Waals surface area contributed by atoms with Crippen molar-refractivity contribution in [2.75, 3.05) is 13.2 Å². The Hall–Kier alpha value is -2.67. The molecule has 2 aromatic rings. The number of ether oxygens (including phenoxy) is 1. The van der Waals surface area contributed by atoms with Crippen LogP contribution in [0.15, 0.2) is 58.1 Å². The highest BCUT2D eigenvalue weighted by Crippen LogP contribution is 2.12. The zero-order valence-corrected chi connectivity index (χ0v) is 16.0. The summed E-state index contributed by atoms with van der Waals surface area (Å²) in [5, 5.41) is 6.41. The van der Waals surface area contributed by atoms with Crippen LogP contribution in [-0.2, 0) is 4.79 Å². The molecule has 2 aromatic carbocycles. The Kier molecular flexibility index (Phi) is 7.82. The number of nitrogens with zero attached hydrogens (tertiary/aromatic N) is 1. The van der Waals surface area contributed by atoms with Crippen molar-refractivity contribution >= 4 is 34.0 Å². The maximum absolute atomic E-state index is 12.0. The molecule has 0 aromatic heterocycles. The summed E-state index contributed by atoms with van der Waals surface area (Å²) in [6.07, 6.45) is 2.45. The topological polar surface area (TPSA) is 79.8 Å². The number of hydrazone groups is 1. The number of carbonyl (C=O) groups excluding carboxylic acids is 2. The Morgan fingerprint density at radius 2 is 1.96 bits per heavy atom. The maximum Gasteiger partial charge on any atom is 0.259 e. The Balaban J connectivity index is 1.76. The first-order valence-electron chi connectivity index (χ1n) is 8.17. The second-order valence-electron chi connectivity index (χ2n) is 5.40. The molecular formula is C19H20BrN3O3. The number of benzene rings is 2. The molecule has 2 N–H and O–H groups in total. The summed E-state index contributed by atoms with van der Waals surface area (Å²) in [5.41, 5.74) is 3.67. The van der Waals surface area contributed by atoms with Crippen LogP contribution in [-0.4, -0.2) is 31.2 Å². The summed E-state index contributed by atoms with van der Waals surface area (Å²) in [5.74, 6) is -0.0336. The van der Waals surface area contributed by atoms with Gasteiger partial charge in [-0.15, -0.1) is 0 Å². The van der Waals surface area contributed by atoms with Crippen LogP contribution in [0.3, 0.4) is 0 Å². The zero-order valence-electron chi connectivity index (χ0n) is 14.4. The van der Waals surface area contributed by atoms with Gasteiger partial charge in [0.15, 0.2) is 0 Å². The van der Waals surface area contributed by atoms with Crippen LogP contribution in [0.2, 0.25) is 0 Å². The van der Waals surface area contributed by atoms with Gasteiger partial charge >= 0.3 is 0 Å². The van der Waals surface area contributed by atoms with E-state index >= 15 is 0 Å². The van der Waals surface area contributed by atoms with Crippen molar-refractivity contribution in [1.82, 2.24) is 10.7 Å². The van der Waals surface area contributed by atoms with E-state index in [9.17, 15) is 9.59 Å². The summed E-state index contributed by atoms with van der Waals surface area (Å²) in [7, 11) is 0. The SMILES string of the molecule is CCCOc1ccc(C(=O)NCC(=O)N/N=C/c2cccc(Br)c2)cc1. The highest BCUT2D eigenvalue weighted by molar-refractivity contribution is 9.10.